The number of rotatable bonds is 10. The number of nitrogens with one attached hydrogen (secondary N) is 2. The number of ether oxygens (including phenoxy) is 4. The van der Waals surface area contributed by atoms with Gasteiger partial charge in [-0.2, -0.15) is 0 Å². The quantitative estimate of drug-likeness (QED) is 0.198. The van der Waals surface area contributed by atoms with Crippen molar-refractivity contribution in [3.05, 3.63) is 52.9 Å². The highest BCUT2D eigenvalue weighted by Gasteiger charge is 2.59. The van der Waals surface area contributed by atoms with Crippen molar-refractivity contribution in [1.82, 2.24) is 15.5 Å². The Morgan fingerprint density at radius 3 is 2.51 bits per heavy atom. The van der Waals surface area contributed by atoms with E-state index in [1.165, 1.54) is 20.1 Å². The Bertz CT molecular complexity index is 1560. The molecule has 2 amide bonds. The van der Waals surface area contributed by atoms with Gasteiger partial charge >= 0.3 is 11.9 Å². The molecule has 13 heteroatoms. The fraction of sp³-hybridized carbons (Fsp3) is 0.433. The molecule has 43 heavy (non-hydrogen) atoms. The zero-order chi connectivity index (χ0) is 31.2. The summed E-state index contributed by atoms with van der Waals surface area (Å²) in [5, 5.41) is 17.0. The van der Waals surface area contributed by atoms with Gasteiger partial charge in [-0.25, -0.2) is 4.79 Å². The first-order valence-corrected chi connectivity index (χ1v) is 13.7. The van der Waals surface area contributed by atoms with Crippen LogP contribution in [0.3, 0.4) is 0 Å². The summed E-state index contributed by atoms with van der Waals surface area (Å²) in [5.41, 5.74) is -0.395. The number of esters is 2. The second-order valence-corrected chi connectivity index (χ2v) is 11.1. The number of fused-ring (bicyclic) bond motifs is 2. The van der Waals surface area contributed by atoms with Gasteiger partial charge in [-0.05, 0) is 49.2 Å². The predicted octanol–water partition coefficient (Wildman–Crippen LogP) is 0.495. The van der Waals surface area contributed by atoms with Crippen LogP contribution in [0.2, 0.25) is 0 Å². The summed E-state index contributed by atoms with van der Waals surface area (Å²) in [4.78, 5) is 65.8. The minimum atomic E-state index is -1.51. The summed E-state index contributed by atoms with van der Waals surface area (Å²) in [5.74, 6) is -3.19. The number of benzene rings is 2. The van der Waals surface area contributed by atoms with Crippen LogP contribution in [-0.4, -0.2) is 96.3 Å². The van der Waals surface area contributed by atoms with E-state index in [0.717, 1.165) is 17.9 Å². The Balaban J connectivity index is 1.49. The van der Waals surface area contributed by atoms with Crippen LogP contribution >= 0.6 is 0 Å². The number of Topliss-reactive ketones (excluding diaryl/α,β-unsaturated/α-hetero) is 1. The number of aryl methyl sites for hydroxylation is 1. The van der Waals surface area contributed by atoms with Gasteiger partial charge in [-0.15, -0.1) is 0 Å². The van der Waals surface area contributed by atoms with Gasteiger partial charge in [0.05, 0.1) is 37.6 Å². The predicted molar refractivity (Wildman–Crippen MR) is 150 cm³/mol. The number of amides is 2. The van der Waals surface area contributed by atoms with Crippen LogP contribution in [0.5, 0.6) is 5.75 Å². The fourth-order valence-corrected chi connectivity index (χ4v) is 5.25. The Labute approximate surface area is 247 Å². The van der Waals surface area contributed by atoms with E-state index in [9.17, 15) is 29.1 Å². The first-order chi connectivity index (χ1) is 20.3. The Kier molecular flexibility index (Phi) is 7.88. The number of epoxide rings is 1. The Hall–Kier alpha value is -4.49. The molecule has 3 aliphatic rings. The number of carbonyl (C=O) groups is 5. The lowest BCUT2D eigenvalue weighted by molar-refractivity contribution is -0.148. The van der Waals surface area contributed by atoms with Crippen LogP contribution < -0.4 is 15.4 Å². The van der Waals surface area contributed by atoms with E-state index in [1.807, 2.05) is 13.0 Å². The summed E-state index contributed by atoms with van der Waals surface area (Å²) in [6, 6.07) is 8.33. The summed E-state index contributed by atoms with van der Waals surface area (Å²) in [6.45, 7) is 6.03. The Morgan fingerprint density at radius 2 is 1.88 bits per heavy atom. The van der Waals surface area contributed by atoms with Crippen molar-refractivity contribution in [2.24, 2.45) is 0 Å². The van der Waals surface area contributed by atoms with Crippen molar-refractivity contribution in [2.45, 2.75) is 57.6 Å². The van der Waals surface area contributed by atoms with Crippen molar-refractivity contribution in [1.29, 1.82) is 0 Å². The topological polar surface area (TPSA) is 173 Å². The summed E-state index contributed by atoms with van der Waals surface area (Å²) >= 11 is 0. The van der Waals surface area contributed by atoms with Crippen LogP contribution in [0, 0.1) is 6.92 Å². The highest BCUT2D eigenvalue weighted by Crippen LogP contribution is 2.42. The number of nitrogens with zero attached hydrogens (tertiary/aromatic N) is 1. The molecule has 2 aromatic rings. The van der Waals surface area contributed by atoms with E-state index in [4.69, 9.17) is 18.9 Å². The first-order valence-electron chi connectivity index (χ1n) is 13.7. The van der Waals surface area contributed by atoms with Gasteiger partial charge in [0.2, 0.25) is 6.10 Å². The molecule has 13 nitrogen and oxygen atoms in total. The van der Waals surface area contributed by atoms with Gasteiger partial charge in [-0.3, -0.25) is 19.2 Å². The maximum atomic E-state index is 13.8. The molecular formula is C30H33N3O10. The van der Waals surface area contributed by atoms with Gasteiger partial charge in [0.15, 0.2) is 6.10 Å². The Morgan fingerprint density at radius 1 is 1.16 bits per heavy atom. The average molecular weight is 596 g/mol. The van der Waals surface area contributed by atoms with Crippen molar-refractivity contribution in [3.63, 3.8) is 0 Å². The van der Waals surface area contributed by atoms with E-state index < -0.39 is 53.7 Å². The van der Waals surface area contributed by atoms with E-state index in [1.54, 1.807) is 30.0 Å². The zero-order valence-electron chi connectivity index (χ0n) is 24.4. The monoisotopic (exact) mass is 595 g/mol. The molecule has 5 atom stereocenters. The van der Waals surface area contributed by atoms with E-state index in [-0.39, 0.29) is 35.9 Å². The number of aliphatic hydroxyl groups excluding tert-OH is 1. The highest BCUT2D eigenvalue weighted by atomic mass is 16.6. The minimum absolute atomic E-state index is 0.0725. The molecule has 5 rings (SSSR count). The number of carbonyl (C=O) groups excluding carboxylic acids is 5. The van der Waals surface area contributed by atoms with Crippen molar-refractivity contribution >= 4 is 40.3 Å². The van der Waals surface area contributed by atoms with Gasteiger partial charge in [0.25, 0.3) is 11.8 Å². The molecule has 3 saturated heterocycles. The number of hydrogen-bond acceptors (Lipinski definition) is 11. The molecule has 3 fully saturated rings. The number of ketones is 1. The van der Waals surface area contributed by atoms with Crippen LogP contribution in [0.4, 0.5) is 0 Å². The third kappa shape index (κ3) is 5.90. The second-order valence-electron chi connectivity index (χ2n) is 11.1. The molecular weight excluding hydrogens is 562 g/mol. The molecule has 0 aromatic heterocycles. The van der Waals surface area contributed by atoms with Crippen LogP contribution in [0.25, 0.3) is 10.8 Å². The molecule has 0 spiro atoms. The maximum absolute atomic E-state index is 13.8. The molecule has 0 radical (unpaired) electrons. The number of methoxy groups -OCH3 is 1. The maximum Gasteiger partial charge on any atom is 0.339 e. The highest BCUT2D eigenvalue weighted by molar-refractivity contribution is 6.07. The summed E-state index contributed by atoms with van der Waals surface area (Å²) in [7, 11) is 1.47. The second kappa shape index (κ2) is 11.3. The van der Waals surface area contributed by atoms with Crippen molar-refractivity contribution in [2.75, 3.05) is 26.8 Å². The molecule has 0 bridgehead atoms. The lowest BCUT2D eigenvalue weighted by Gasteiger charge is -2.25. The number of aliphatic hydroxyl groups is 1. The zero-order valence-corrected chi connectivity index (χ0v) is 24.4. The SMILES string of the molecule is COc1cc(C(=O)OC(C(=O)N/C(C(=O)NCC(C)=O)=C2\[C@@H](OC(C)=O)[C@H](O)[C@@H]3CN23)C2(C)CO2)c2cccc(C)c2c1. The van der Waals surface area contributed by atoms with Crippen LogP contribution in [-0.2, 0) is 33.4 Å². The molecule has 0 aliphatic carbocycles. The molecule has 0 saturated carbocycles. The molecule has 2 aromatic carbocycles. The molecule has 228 valence electrons. The fourth-order valence-electron chi connectivity index (χ4n) is 5.25. The lowest BCUT2D eigenvalue weighted by atomic mass is 9.99. The van der Waals surface area contributed by atoms with Crippen molar-refractivity contribution in [3.8, 4) is 5.75 Å². The molecule has 3 heterocycles. The van der Waals surface area contributed by atoms with Crippen LogP contribution in [0.15, 0.2) is 41.7 Å². The first kappa shape index (κ1) is 30.0. The lowest BCUT2D eigenvalue weighted by Crippen LogP contribution is -2.49. The summed E-state index contributed by atoms with van der Waals surface area (Å²) in [6.07, 6.45) is -3.89. The normalized spacial score (nSPS) is 25.3. The smallest absolute Gasteiger partial charge is 0.339 e. The number of piperidine rings is 1. The standard InChI is InChI=1S/C30H33N3O10/c1-14-7-6-8-18-19(14)9-17(40-5)10-20(18)29(39)43-26(30(4)13-41-30)28(38)32-22(27(37)31-11-15(2)34)23-25(42-16(3)35)24(36)21-12-33(21)23/h6-10,21,24-26,36H,11-13H2,1-5H3,(H,31,37)(H,32,38)/b23-22+/t21-,24+,25+,26?,30?,33?/m0/s1. The van der Waals surface area contributed by atoms with Crippen LogP contribution in [0.1, 0.15) is 36.7 Å². The van der Waals surface area contributed by atoms with Gasteiger partial charge in [0, 0.05) is 13.5 Å². The number of hydrogen-bond donors (Lipinski definition) is 3. The molecule has 3 aliphatic heterocycles. The molecule has 2 unspecified atom stereocenters. The van der Waals surface area contributed by atoms with E-state index >= 15 is 0 Å². The third-order valence-electron chi connectivity index (χ3n) is 7.72. The molecule has 3 N–H and O–H groups in total. The largest absolute Gasteiger partial charge is 0.497 e. The average Bonchev–Trinajstić information content (AvgIpc) is 3.88. The van der Waals surface area contributed by atoms with Gasteiger partial charge in [-0.1, -0.05) is 18.2 Å². The summed E-state index contributed by atoms with van der Waals surface area (Å²) < 4.78 is 22.0. The van der Waals surface area contributed by atoms with E-state index in [0.29, 0.717) is 17.7 Å². The van der Waals surface area contributed by atoms with Gasteiger partial charge < -0.3 is 39.6 Å². The van der Waals surface area contributed by atoms with Crippen molar-refractivity contribution < 1.29 is 48.0 Å². The van der Waals surface area contributed by atoms with E-state index in [2.05, 4.69) is 10.6 Å². The third-order valence-corrected chi connectivity index (χ3v) is 7.72. The minimum Gasteiger partial charge on any atom is -0.497 e. The van der Waals surface area contributed by atoms with Gasteiger partial charge in [0.1, 0.15) is 28.9 Å².